The number of nitrogens with two attached hydrogens (primary N) is 1. The minimum Gasteiger partial charge on any atom is -0.496 e. The van der Waals surface area contributed by atoms with Crippen molar-refractivity contribution < 1.29 is 14.6 Å². The van der Waals surface area contributed by atoms with E-state index in [1.54, 1.807) is 14.2 Å². The average Bonchev–Trinajstić information content (AvgIpc) is 2.35. The Balaban J connectivity index is 0.00000324. The van der Waals surface area contributed by atoms with Gasteiger partial charge >= 0.3 is 0 Å². The normalized spacial score (nSPS) is 13.7. The standard InChI is InChI=1S/C14H23NO3.ClH/c1-8(2)14(16)13(15)12-10(17-4)6-9(3)7-11(12)18-5;/h6-8,13-14,16H,15H2,1-5H3;1H/t13-,14+;/m1./s1. The molecule has 0 spiro atoms. The van der Waals surface area contributed by atoms with E-state index in [1.165, 1.54) is 0 Å². The maximum atomic E-state index is 10.1. The van der Waals surface area contributed by atoms with Gasteiger partial charge in [-0.25, -0.2) is 0 Å². The van der Waals surface area contributed by atoms with Gasteiger partial charge in [0.05, 0.1) is 31.9 Å². The van der Waals surface area contributed by atoms with Gasteiger partial charge in [-0.15, -0.1) is 12.4 Å². The molecule has 1 aromatic rings. The molecule has 0 saturated carbocycles. The van der Waals surface area contributed by atoms with Crippen LogP contribution >= 0.6 is 12.4 Å². The SMILES string of the molecule is COc1cc(C)cc(OC)c1[C@@H](N)[C@@H](O)C(C)C.Cl. The van der Waals surface area contributed by atoms with Crippen molar-refractivity contribution in [3.05, 3.63) is 23.3 Å². The summed E-state index contributed by atoms with van der Waals surface area (Å²) in [6.45, 7) is 5.81. The van der Waals surface area contributed by atoms with Gasteiger partial charge in [-0.05, 0) is 30.5 Å². The Morgan fingerprint density at radius 3 is 1.84 bits per heavy atom. The largest absolute Gasteiger partial charge is 0.496 e. The quantitative estimate of drug-likeness (QED) is 0.874. The molecule has 4 nitrogen and oxygen atoms in total. The van der Waals surface area contributed by atoms with E-state index in [9.17, 15) is 5.11 Å². The number of hydrogen-bond donors (Lipinski definition) is 2. The lowest BCUT2D eigenvalue weighted by molar-refractivity contribution is 0.0958. The summed E-state index contributed by atoms with van der Waals surface area (Å²) in [5.74, 6) is 1.37. The number of benzene rings is 1. The highest BCUT2D eigenvalue weighted by atomic mass is 35.5. The lowest BCUT2D eigenvalue weighted by Crippen LogP contribution is -2.31. The van der Waals surface area contributed by atoms with Crippen molar-refractivity contribution in [2.24, 2.45) is 11.7 Å². The summed E-state index contributed by atoms with van der Waals surface area (Å²) in [6.07, 6.45) is -0.643. The van der Waals surface area contributed by atoms with Crippen molar-refractivity contribution in [2.45, 2.75) is 32.9 Å². The summed E-state index contributed by atoms with van der Waals surface area (Å²) in [6, 6.07) is 3.26. The van der Waals surface area contributed by atoms with Crippen molar-refractivity contribution in [2.75, 3.05) is 14.2 Å². The number of ether oxygens (including phenoxy) is 2. The molecule has 0 aliphatic heterocycles. The smallest absolute Gasteiger partial charge is 0.127 e. The van der Waals surface area contributed by atoms with E-state index in [0.717, 1.165) is 5.56 Å². The molecule has 0 aromatic heterocycles. The molecule has 2 atom stereocenters. The van der Waals surface area contributed by atoms with E-state index in [2.05, 4.69) is 0 Å². The van der Waals surface area contributed by atoms with Crippen LogP contribution in [-0.2, 0) is 0 Å². The minimum absolute atomic E-state index is 0. The first kappa shape index (κ1) is 18.0. The second kappa shape index (κ2) is 7.58. The molecular formula is C14H24ClNO3. The highest BCUT2D eigenvalue weighted by molar-refractivity contribution is 5.85. The molecule has 0 saturated heterocycles. The third kappa shape index (κ3) is 4.00. The second-order valence-corrected chi connectivity index (χ2v) is 4.84. The van der Waals surface area contributed by atoms with Crippen molar-refractivity contribution in [1.82, 2.24) is 0 Å². The van der Waals surface area contributed by atoms with Gasteiger partial charge in [-0.1, -0.05) is 13.8 Å². The van der Waals surface area contributed by atoms with Crippen LogP contribution in [0.5, 0.6) is 11.5 Å². The Bertz CT molecular complexity index is 385. The average molecular weight is 290 g/mol. The van der Waals surface area contributed by atoms with Gasteiger partial charge in [0.15, 0.2) is 0 Å². The molecule has 0 aliphatic carbocycles. The van der Waals surface area contributed by atoms with Crippen LogP contribution in [0.4, 0.5) is 0 Å². The lowest BCUT2D eigenvalue weighted by atomic mass is 9.92. The summed E-state index contributed by atoms with van der Waals surface area (Å²) >= 11 is 0. The zero-order chi connectivity index (χ0) is 13.9. The van der Waals surface area contributed by atoms with E-state index in [-0.39, 0.29) is 18.3 Å². The maximum Gasteiger partial charge on any atom is 0.127 e. The molecule has 0 aliphatic rings. The number of aliphatic hydroxyl groups excluding tert-OH is 1. The zero-order valence-electron chi connectivity index (χ0n) is 12.1. The van der Waals surface area contributed by atoms with Gasteiger partial charge in [0.1, 0.15) is 11.5 Å². The van der Waals surface area contributed by atoms with Gasteiger partial charge in [0.25, 0.3) is 0 Å². The van der Waals surface area contributed by atoms with E-state index in [1.807, 2.05) is 32.9 Å². The van der Waals surface area contributed by atoms with Crippen molar-refractivity contribution in [3.63, 3.8) is 0 Å². The summed E-state index contributed by atoms with van der Waals surface area (Å²) < 4.78 is 10.7. The molecule has 5 heteroatoms. The third-order valence-corrected chi connectivity index (χ3v) is 3.07. The Morgan fingerprint density at radius 1 is 1.11 bits per heavy atom. The molecule has 0 heterocycles. The van der Waals surface area contributed by atoms with Gasteiger partial charge in [0.2, 0.25) is 0 Å². The highest BCUT2D eigenvalue weighted by Gasteiger charge is 2.26. The molecule has 0 fully saturated rings. The van der Waals surface area contributed by atoms with Crippen LogP contribution in [0.2, 0.25) is 0 Å². The van der Waals surface area contributed by atoms with Crippen molar-refractivity contribution in [3.8, 4) is 11.5 Å². The molecule has 0 bridgehead atoms. The second-order valence-electron chi connectivity index (χ2n) is 4.84. The third-order valence-electron chi connectivity index (χ3n) is 3.07. The molecule has 1 rings (SSSR count). The number of halogens is 1. The highest BCUT2D eigenvalue weighted by Crippen LogP contribution is 2.36. The van der Waals surface area contributed by atoms with E-state index in [4.69, 9.17) is 15.2 Å². The van der Waals surface area contributed by atoms with Crippen LogP contribution in [0, 0.1) is 12.8 Å². The number of rotatable bonds is 5. The zero-order valence-corrected chi connectivity index (χ0v) is 13.0. The first-order valence-electron chi connectivity index (χ1n) is 6.08. The van der Waals surface area contributed by atoms with Crippen LogP contribution in [0.3, 0.4) is 0 Å². The summed E-state index contributed by atoms with van der Waals surface area (Å²) in [4.78, 5) is 0. The predicted octanol–water partition coefficient (Wildman–Crippen LogP) is 2.45. The molecular weight excluding hydrogens is 266 g/mol. The Labute approximate surface area is 121 Å². The Morgan fingerprint density at radius 2 is 1.53 bits per heavy atom. The molecule has 0 radical (unpaired) electrons. The van der Waals surface area contributed by atoms with Crippen LogP contribution in [-0.4, -0.2) is 25.4 Å². The summed E-state index contributed by atoms with van der Waals surface area (Å²) in [7, 11) is 3.18. The number of aryl methyl sites for hydroxylation is 1. The first-order valence-corrected chi connectivity index (χ1v) is 6.08. The Hall–Kier alpha value is -0.970. The Kier molecular flexibility index (Phi) is 7.19. The summed E-state index contributed by atoms with van der Waals surface area (Å²) in [5, 5.41) is 10.1. The van der Waals surface area contributed by atoms with Crippen LogP contribution < -0.4 is 15.2 Å². The van der Waals surface area contributed by atoms with E-state index in [0.29, 0.717) is 17.1 Å². The van der Waals surface area contributed by atoms with E-state index >= 15 is 0 Å². The number of aliphatic hydroxyl groups is 1. The molecule has 1 aromatic carbocycles. The van der Waals surface area contributed by atoms with Gasteiger partial charge in [-0.2, -0.15) is 0 Å². The topological polar surface area (TPSA) is 64.7 Å². The fourth-order valence-corrected chi connectivity index (χ4v) is 1.98. The summed E-state index contributed by atoms with van der Waals surface area (Å²) in [5.41, 5.74) is 7.87. The van der Waals surface area contributed by atoms with Crippen LogP contribution in [0.25, 0.3) is 0 Å². The minimum atomic E-state index is -0.643. The van der Waals surface area contributed by atoms with Gasteiger partial charge in [-0.3, -0.25) is 0 Å². The van der Waals surface area contributed by atoms with Gasteiger partial charge < -0.3 is 20.3 Å². The molecule has 110 valence electrons. The monoisotopic (exact) mass is 289 g/mol. The fraction of sp³-hybridized carbons (Fsp3) is 0.571. The number of hydrogen-bond acceptors (Lipinski definition) is 4. The van der Waals surface area contributed by atoms with E-state index < -0.39 is 12.1 Å². The van der Waals surface area contributed by atoms with Crippen molar-refractivity contribution >= 4 is 12.4 Å². The predicted molar refractivity (Wildman–Crippen MR) is 79.3 cm³/mol. The van der Waals surface area contributed by atoms with Gasteiger partial charge in [0, 0.05) is 0 Å². The van der Waals surface area contributed by atoms with Crippen molar-refractivity contribution in [1.29, 1.82) is 0 Å². The molecule has 19 heavy (non-hydrogen) atoms. The molecule has 3 N–H and O–H groups in total. The maximum absolute atomic E-state index is 10.1. The molecule has 0 amide bonds. The lowest BCUT2D eigenvalue weighted by Gasteiger charge is -2.26. The van der Waals surface area contributed by atoms with Crippen LogP contribution in [0.1, 0.15) is 31.0 Å². The molecule has 0 unspecified atom stereocenters. The first-order chi connectivity index (χ1) is 8.42. The van der Waals surface area contributed by atoms with Crippen LogP contribution in [0.15, 0.2) is 12.1 Å². The fourth-order valence-electron chi connectivity index (χ4n) is 1.98. The number of methoxy groups -OCH3 is 2.